The molecular formula is C29H37F3N6O. The number of hydrogen-bond donors (Lipinski definition) is 3. The number of pyridine rings is 1. The van der Waals surface area contributed by atoms with Crippen molar-refractivity contribution in [3.8, 4) is 11.8 Å². The van der Waals surface area contributed by atoms with Crippen LogP contribution in [0.25, 0.3) is 10.9 Å². The highest BCUT2D eigenvalue weighted by atomic mass is 19.4. The summed E-state index contributed by atoms with van der Waals surface area (Å²) in [6.07, 6.45) is -0.782. The van der Waals surface area contributed by atoms with Crippen LogP contribution in [0.4, 0.5) is 24.5 Å². The number of rotatable bonds is 9. The standard InChI is InChI=1S/C29H37F3N6O/c1-28(2,33)27-10-9-22(19-35-27)34-13-5-6-23-18-24-25(7-4-8-26(24)38(23)20-29(30,31)32)36-21-11-14-37(15-12-21)16-17-39-3/h4,7-10,18-19,21,34,36H,11-17,20,33H2,1-3H3. The zero-order chi connectivity index (χ0) is 28.0. The average Bonchev–Trinajstić information content (AvgIpc) is 3.22. The second-order valence-electron chi connectivity index (χ2n) is 10.5. The number of methoxy groups -OCH3 is 1. The molecule has 2 aromatic heterocycles. The van der Waals surface area contributed by atoms with Crippen molar-refractivity contribution < 1.29 is 17.9 Å². The van der Waals surface area contributed by atoms with Crippen molar-refractivity contribution in [3.63, 3.8) is 0 Å². The van der Waals surface area contributed by atoms with Gasteiger partial charge in [0.1, 0.15) is 6.54 Å². The molecule has 210 valence electrons. The van der Waals surface area contributed by atoms with E-state index in [1.807, 2.05) is 32.0 Å². The molecular weight excluding hydrogens is 505 g/mol. The number of nitrogens with two attached hydrogens (primary N) is 1. The molecule has 1 fully saturated rings. The Morgan fingerprint density at radius 3 is 2.56 bits per heavy atom. The molecule has 0 amide bonds. The van der Waals surface area contributed by atoms with Crippen molar-refractivity contribution in [3.05, 3.63) is 54.0 Å². The summed E-state index contributed by atoms with van der Waals surface area (Å²) in [5.74, 6) is 5.92. The number of aromatic nitrogens is 2. The summed E-state index contributed by atoms with van der Waals surface area (Å²) in [4.78, 5) is 6.73. The number of nitrogens with one attached hydrogen (secondary N) is 2. The van der Waals surface area contributed by atoms with Crippen LogP contribution >= 0.6 is 0 Å². The molecule has 7 nitrogen and oxygen atoms in total. The number of ether oxygens (including phenoxy) is 1. The van der Waals surface area contributed by atoms with E-state index in [1.165, 1.54) is 4.57 Å². The van der Waals surface area contributed by atoms with Gasteiger partial charge in [0.25, 0.3) is 0 Å². The molecule has 0 unspecified atom stereocenters. The van der Waals surface area contributed by atoms with Crippen LogP contribution in [0.3, 0.4) is 0 Å². The molecule has 10 heteroatoms. The summed E-state index contributed by atoms with van der Waals surface area (Å²) in [7, 11) is 1.70. The molecule has 0 radical (unpaired) electrons. The van der Waals surface area contributed by atoms with Gasteiger partial charge >= 0.3 is 6.18 Å². The third kappa shape index (κ3) is 7.88. The maximum Gasteiger partial charge on any atom is 0.406 e. The zero-order valence-corrected chi connectivity index (χ0v) is 22.7. The molecule has 1 saturated heterocycles. The van der Waals surface area contributed by atoms with Gasteiger partial charge in [0.15, 0.2) is 0 Å². The third-order valence-corrected chi connectivity index (χ3v) is 6.86. The van der Waals surface area contributed by atoms with E-state index in [9.17, 15) is 13.2 Å². The van der Waals surface area contributed by atoms with Crippen molar-refractivity contribution in [1.29, 1.82) is 0 Å². The minimum absolute atomic E-state index is 0.254. The Labute approximate surface area is 227 Å². The lowest BCUT2D eigenvalue weighted by Crippen LogP contribution is -2.40. The van der Waals surface area contributed by atoms with E-state index in [4.69, 9.17) is 10.5 Å². The van der Waals surface area contributed by atoms with Crippen molar-refractivity contribution in [2.75, 3.05) is 50.5 Å². The van der Waals surface area contributed by atoms with Crippen molar-refractivity contribution in [2.45, 2.75) is 51.0 Å². The topological polar surface area (TPSA) is 80.4 Å². The molecule has 4 N–H and O–H groups in total. The fourth-order valence-corrected chi connectivity index (χ4v) is 4.77. The minimum atomic E-state index is -4.37. The molecule has 39 heavy (non-hydrogen) atoms. The summed E-state index contributed by atoms with van der Waals surface area (Å²) in [5.41, 5.74) is 8.71. The van der Waals surface area contributed by atoms with E-state index in [2.05, 4.69) is 32.4 Å². The molecule has 0 spiro atoms. The predicted molar refractivity (Wildman–Crippen MR) is 150 cm³/mol. The van der Waals surface area contributed by atoms with Gasteiger partial charge in [-0.2, -0.15) is 13.2 Å². The van der Waals surface area contributed by atoms with Crippen molar-refractivity contribution >= 4 is 22.3 Å². The summed E-state index contributed by atoms with van der Waals surface area (Å²) >= 11 is 0. The van der Waals surface area contributed by atoms with Crippen LogP contribution < -0.4 is 16.4 Å². The summed E-state index contributed by atoms with van der Waals surface area (Å²) in [5, 5.41) is 7.46. The third-order valence-electron chi connectivity index (χ3n) is 6.86. The van der Waals surface area contributed by atoms with Gasteiger partial charge in [-0.25, -0.2) is 0 Å². The van der Waals surface area contributed by atoms with Crippen molar-refractivity contribution in [1.82, 2.24) is 14.5 Å². The second kappa shape index (κ2) is 12.3. The largest absolute Gasteiger partial charge is 0.406 e. The Morgan fingerprint density at radius 1 is 1.15 bits per heavy atom. The lowest BCUT2D eigenvalue weighted by Gasteiger charge is -2.32. The van der Waals surface area contributed by atoms with Crippen LogP contribution in [0.1, 0.15) is 38.1 Å². The van der Waals surface area contributed by atoms with E-state index >= 15 is 0 Å². The first-order chi connectivity index (χ1) is 18.5. The quantitative estimate of drug-likeness (QED) is 0.338. The molecule has 3 heterocycles. The Balaban J connectivity index is 1.50. The maximum atomic E-state index is 13.5. The summed E-state index contributed by atoms with van der Waals surface area (Å²) in [6, 6.07) is 11.1. The highest BCUT2D eigenvalue weighted by molar-refractivity contribution is 5.94. The highest BCUT2D eigenvalue weighted by Gasteiger charge is 2.30. The minimum Gasteiger partial charge on any atom is -0.383 e. The first kappa shape index (κ1) is 28.7. The lowest BCUT2D eigenvalue weighted by molar-refractivity contribution is -0.140. The smallest absolute Gasteiger partial charge is 0.383 e. The van der Waals surface area contributed by atoms with E-state index in [0.717, 1.165) is 54.9 Å². The fourth-order valence-electron chi connectivity index (χ4n) is 4.77. The number of nitrogens with zero attached hydrogens (tertiary/aromatic N) is 3. The van der Waals surface area contributed by atoms with Gasteiger partial charge in [-0.15, -0.1) is 0 Å². The molecule has 0 saturated carbocycles. The Kier molecular flexibility index (Phi) is 9.05. The molecule has 0 aliphatic carbocycles. The molecule has 1 aromatic carbocycles. The van der Waals surface area contributed by atoms with Crippen molar-refractivity contribution in [2.24, 2.45) is 5.73 Å². The van der Waals surface area contributed by atoms with Crippen LogP contribution in [0.2, 0.25) is 0 Å². The number of fused-ring (bicyclic) bond motifs is 1. The second-order valence-corrected chi connectivity index (χ2v) is 10.5. The van der Waals surface area contributed by atoms with Crippen LogP contribution in [0, 0.1) is 11.8 Å². The van der Waals surface area contributed by atoms with Gasteiger partial charge in [0, 0.05) is 43.9 Å². The number of benzene rings is 1. The number of likely N-dealkylation sites (tertiary alicyclic amines) is 1. The van der Waals surface area contributed by atoms with Crippen LogP contribution in [0.15, 0.2) is 42.6 Å². The lowest BCUT2D eigenvalue weighted by atomic mass is 10.0. The molecule has 0 bridgehead atoms. The fraction of sp³-hybridized carbons (Fsp3) is 0.483. The Hall–Kier alpha value is -3.26. The van der Waals surface area contributed by atoms with Gasteiger partial charge in [-0.1, -0.05) is 12.0 Å². The molecule has 1 aliphatic heterocycles. The normalized spacial score (nSPS) is 15.3. The molecule has 0 atom stereocenters. The monoisotopic (exact) mass is 542 g/mol. The van der Waals surface area contributed by atoms with Crippen LogP contribution in [-0.4, -0.2) is 66.6 Å². The number of piperidine rings is 1. The van der Waals surface area contributed by atoms with E-state index in [1.54, 1.807) is 31.5 Å². The predicted octanol–water partition coefficient (Wildman–Crippen LogP) is 4.78. The molecule has 4 rings (SSSR count). The molecule has 3 aromatic rings. The summed E-state index contributed by atoms with van der Waals surface area (Å²) < 4.78 is 47.0. The number of hydrogen-bond acceptors (Lipinski definition) is 6. The first-order valence-corrected chi connectivity index (χ1v) is 13.2. The number of alkyl halides is 3. The van der Waals surface area contributed by atoms with Gasteiger partial charge in [0.2, 0.25) is 0 Å². The SMILES string of the molecule is COCCN1CCC(Nc2cccc3c2cc(C#CCNc2ccc(C(C)(C)N)nc2)n3CC(F)(F)F)CC1. The van der Waals surface area contributed by atoms with E-state index in [-0.39, 0.29) is 12.6 Å². The van der Waals surface area contributed by atoms with Gasteiger partial charge in [-0.3, -0.25) is 4.98 Å². The Morgan fingerprint density at radius 2 is 1.92 bits per heavy atom. The van der Waals surface area contributed by atoms with E-state index in [0.29, 0.717) is 17.8 Å². The van der Waals surface area contributed by atoms with Crippen LogP contribution in [-0.2, 0) is 16.8 Å². The van der Waals surface area contributed by atoms with E-state index < -0.39 is 18.3 Å². The maximum absolute atomic E-state index is 13.5. The zero-order valence-electron chi connectivity index (χ0n) is 22.7. The highest BCUT2D eigenvalue weighted by Crippen LogP contribution is 2.31. The number of halogens is 3. The van der Waals surface area contributed by atoms with Crippen LogP contribution in [0.5, 0.6) is 0 Å². The molecule has 1 aliphatic rings. The van der Waals surface area contributed by atoms with Gasteiger partial charge < -0.3 is 30.6 Å². The average molecular weight is 543 g/mol. The van der Waals surface area contributed by atoms with Gasteiger partial charge in [-0.05, 0) is 62.9 Å². The number of anilines is 2. The summed E-state index contributed by atoms with van der Waals surface area (Å²) in [6.45, 7) is 6.44. The Bertz CT molecular complexity index is 1290. The van der Waals surface area contributed by atoms with Gasteiger partial charge in [0.05, 0.1) is 47.5 Å². The first-order valence-electron chi connectivity index (χ1n) is 13.2.